The molecule has 0 radical (unpaired) electrons. The van der Waals surface area contributed by atoms with Gasteiger partial charge in [-0.05, 0) is 55.3 Å². The SMILES string of the molecule is Cc1ccc(S(=O)(=O)Oc2nc(N)nc3c2ncn3[C@H]2C[C@H](O[Si](C)(C)C(C)(C)C)[C@@H](CO[Si](C)(C)C(C)(C)C)O2)cc1. The van der Waals surface area contributed by atoms with Crippen LogP contribution in [0.1, 0.15) is 59.8 Å². The maximum atomic E-state index is 13.0. The first-order valence-electron chi connectivity index (χ1n) is 14.6. The summed E-state index contributed by atoms with van der Waals surface area (Å²) in [7, 11) is -8.39. The Morgan fingerprint density at radius 2 is 1.60 bits per heavy atom. The summed E-state index contributed by atoms with van der Waals surface area (Å²) < 4.78 is 53.4. The molecule has 1 fully saturated rings. The van der Waals surface area contributed by atoms with Crippen LogP contribution in [0.3, 0.4) is 0 Å². The molecule has 2 N–H and O–H groups in total. The predicted molar refractivity (Wildman–Crippen MR) is 172 cm³/mol. The predicted octanol–water partition coefficient (Wildman–Crippen LogP) is 6.18. The highest BCUT2D eigenvalue weighted by atomic mass is 32.2. The molecule has 1 aromatic carbocycles. The second-order valence-corrected chi connectivity index (χ2v) is 25.5. The molecule has 3 aromatic rings. The molecule has 3 atom stereocenters. The van der Waals surface area contributed by atoms with Crippen molar-refractivity contribution < 1.29 is 26.2 Å². The highest BCUT2D eigenvalue weighted by Crippen LogP contribution is 2.43. The Morgan fingerprint density at radius 3 is 2.19 bits per heavy atom. The smallest absolute Gasteiger partial charge is 0.340 e. The number of nitrogens with zero attached hydrogens (tertiary/aromatic N) is 4. The van der Waals surface area contributed by atoms with Gasteiger partial charge in [0, 0.05) is 6.42 Å². The van der Waals surface area contributed by atoms with E-state index in [1.807, 2.05) is 6.92 Å². The van der Waals surface area contributed by atoms with Crippen LogP contribution in [0, 0.1) is 6.92 Å². The second kappa shape index (κ2) is 11.5. The van der Waals surface area contributed by atoms with Crippen molar-refractivity contribution in [2.45, 2.75) is 114 Å². The minimum Gasteiger partial charge on any atom is -0.414 e. The summed E-state index contributed by atoms with van der Waals surface area (Å²) in [5.74, 6) is -0.389. The lowest BCUT2D eigenvalue weighted by atomic mass is 10.2. The molecule has 14 heteroatoms. The summed E-state index contributed by atoms with van der Waals surface area (Å²) in [6.45, 7) is 24.4. The minimum absolute atomic E-state index is 0.00261. The van der Waals surface area contributed by atoms with Crippen molar-refractivity contribution in [3.63, 3.8) is 0 Å². The van der Waals surface area contributed by atoms with E-state index in [9.17, 15) is 8.42 Å². The number of anilines is 1. The topological polar surface area (TPSA) is 141 Å². The summed E-state index contributed by atoms with van der Waals surface area (Å²) in [5, 5.41) is 0.0551. The van der Waals surface area contributed by atoms with Crippen molar-refractivity contribution in [3.05, 3.63) is 36.2 Å². The van der Waals surface area contributed by atoms with Crippen LogP contribution in [0.25, 0.3) is 11.2 Å². The Kier molecular flexibility index (Phi) is 8.99. The lowest BCUT2D eigenvalue weighted by Gasteiger charge is -2.40. The van der Waals surface area contributed by atoms with Gasteiger partial charge in [-0.3, -0.25) is 4.57 Å². The van der Waals surface area contributed by atoms with E-state index in [4.69, 9.17) is 23.5 Å². The summed E-state index contributed by atoms with van der Waals surface area (Å²) in [6, 6.07) is 6.34. The van der Waals surface area contributed by atoms with Gasteiger partial charge in [0.05, 0.1) is 19.0 Å². The molecule has 0 spiro atoms. The van der Waals surface area contributed by atoms with Gasteiger partial charge in [-0.15, -0.1) is 0 Å². The van der Waals surface area contributed by atoms with Crippen molar-refractivity contribution in [2.24, 2.45) is 0 Å². The number of hydrogen-bond acceptors (Lipinski definition) is 10. The van der Waals surface area contributed by atoms with E-state index in [2.05, 4.69) is 82.7 Å². The number of ether oxygens (including phenoxy) is 1. The lowest BCUT2D eigenvalue weighted by molar-refractivity contribution is -0.0383. The zero-order valence-electron chi connectivity index (χ0n) is 27.3. The Balaban J connectivity index is 1.66. The van der Waals surface area contributed by atoms with Gasteiger partial charge in [0.1, 0.15) is 17.2 Å². The molecule has 1 aliphatic heterocycles. The van der Waals surface area contributed by atoms with Crippen molar-refractivity contribution in [2.75, 3.05) is 12.3 Å². The normalized spacial score (nSPS) is 20.6. The second-order valence-electron chi connectivity index (χ2n) is 14.4. The molecule has 0 bridgehead atoms. The van der Waals surface area contributed by atoms with Crippen LogP contribution in [-0.4, -0.2) is 63.4 Å². The Morgan fingerprint density at radius 1 is 1.00 bits per heavy atom. The number of nitrogens with two attached hydrogens (primary N) is 1. The van der Waals surface area contributed by atoms with E-state index in [-0.39, 0.29) is 44.5 Å². The van der Waals surface area contributed by atoms with Crippen molar-refractivity contribution in [1.29, 1.82) is 0 Å². The first kappa shape index (κ1) is 33.5. The molecule has 11 nitrogen and oxygen atoms in total. The fourth-order valence-electron chi connectivity index (χ4n) is 4.24. The molecule has 1 saturated heterocycles. The van der Waals surface area contributed by atoms with E-state index in [0.29, 0.717) is 18.7 Å². The van der Waals surface area contributed by atoms with Crippen LogP contribution in [0.15, 0.2) is 35.5 Å². The average Bonchev–Trinajstić information content (AvgIpc) is 3.45. The van der Waals surface area contributed by atoms with Crippen LogP contribution >= 0.6 is 0 Å². The average molecular weight is 650 g/mol. The number of fused-ring (bicyclic) bond motifs is 1. The number of benzene rings is 1. The van der Waals surface area contributed by atoms with Crippen LogP contribution in [0.4, 0.5) is 5.95 Å². The van der Waals surface area contributed by atoms with E-state index < -0.39 is 33.0 Å². The highest BCUT2D eigenvalue weighted by Gasteiger charge is 2.47. The molecule has 4 rings (SSSR count). The lowest BCUT2D eigenvalue weighted by Crippen LogP contribution is -2.48. The molecular formula is C29H47N5O6SSi2. The van der Waals surface area contributed by atoms with Gasteiger partial charge in [-0.1, -0.05) is 59.2 Å². The van der Waals surface area contributed by atoms with Crippen LogP contribution in [0.2, 0.25) is 36.3 Å². The van der Waals surface area contributed by atoms with Crippen LogP contribution in [0.5, 0.6) is 5.88 Å². The first-order valence-corrected chi connectivity index (χ1v) is 21.8. The van der Waals surface area contributed by atoms with Gasteiger partial charge in [0.15, 0.2) is 27.8 Å². The largest absolute Gasteiger partial charge is 0.414 e. The molecule has 0 amide bonds. The molecule has 0 aliphatic carbocycles. The quantitative estimate of drug-likeness (QED) is 0.211. The highest BCUT2D eigenvalue weighted by molar-refractivity contribution is 7.87. The van der Waals surface area contributed by atoms with Gasteiger partial charge in [-0.25, -0.2) is 4.98 Å². The van der Waals surface area contributed by atoms with E-state index in [1.165, 1.54) is 12.1 Å². The Hall–Kier alpha value is -2.37. The zero-order valence-corrected chi connectivity index (χ0v) is 30.1. The zero-order chi connectivity index (χ0) is 32.2. The summed E-state index contributed by atoms with van der Waals surface area (Å²) in [5.41, 5.74) is 7.43. The molecule has 2 aromatic heterocycles. The molecule has 0 unspecified atom stereocenters. The standard InChI is InChI=1S/C29H47N5O6SSi2/c1-19-12-14-20(15-13-19)41(35,36)39-26-24-25(32-27(30)33-26)34(18-31-24)23-16-21(40-43(10,11)29(5,6)7)22(38-23)17-37-42(8,9)28(2,3)4/h12-15,18,21-23H,16-17H2,1-11H3,(H2,30,32,33)/t21-,22+,23+/m0/s1. The van der Waals surface area contributed by atoms with Crippen LogP contribution < -0.4 is 9.92 Å². The third kappa shape index (κ3) is 7.15. The summed E-state index contributed by atoms with van der Waals surface area (Å²) >= 11 is 0. The van der Waals surface area contributed by atoms with Gasteiger partial charge in [-0.2, -0.15) is 18.4 Å². The van der Waals surface area contributed by atoms with Gasteiger partial charge >= 0.3 is 10.1 Å². The fourth-order valence-corrected chi connectivity index (χ4v) is 7.50. The minimum atomic E-state index is -4.19. The third-order valence-electron chi connectivity index (χ3n) is 9.06. The van der Waals surface area contributed by atoms with Crippen LogP contribution in [-0.2, 0) is 23.7 Å². The monoisotopic (exact) mass is 649 g/mol. The van der Waals surface area contributed by atoms with Crippen molar-refractivity contribution >= 4 is 43.9 Å². The fraction of sp³-hybridized carbons (Fsp3) is 0.621. The van der Waals surface area contributed by atoms with E-state index in [1.54, 1.807) is 23.0 Å². The molecule has 238 valence electrons. The number of nitrogen functional groups attached to an aromatic ring is 1. The number of imidazole rings is 1. The maximum absolute atomic E-state index is 13.0. The number of hydrogen-bond donors (Lipinski definition) is 1. The molecule has 0 saturated carbocycles. The maximum Gasteiger partial charge on any atom is 0.340 e. The van der Waals surface area contributed by atoms with Gasteiger partial charge in [0.2, 0.25) is 5.95 Å². The number of aryl methyl sites for hydroxylation is 1. The van der Waals surface area contributed by atoms with Crippen molar-refractivity contribution in [3.8, 4) is 5.88 Å². The molecule has 43 heavy (non-hydrogen) atoms. The van der Waals surface area contributed by atoms with E-state index in [0.717, 1.165) is 5.56 Å². The Labute approximate surface area is 257 Å². The third-order valence-corrected chi connectivity index (χ3v) is 19.3. The number of rotatable bonds is 9. The van der Waals surface area contributed by atoms with Gasteiger partial charge < -0.3 is 23.5 Å². The summed E-state index contributed by atoms with van der Waals surface area (Å²) in [4.78, 5) is 12.9. The molecular weight excluding hydrogens is 603 g/mol. The Bertz CT molecular complexity index is 1560. The summed E-state index contributed by atoms with van der Waals surface area (Å²) in [6.07, 6.45) is 1.05. The number of aromatic nitrogens is 4. The van der Waals surface area contributed by atoms with Crippen molar-refractivity contribution in [1.82, 2.24) is 19.5 Å². The van der Waals surface area contributed by atoms with E-state index >= 15 is 0 Å². The molecule has 3 heterocycles. The van der Waals surface area contributed by atoms with Gasteiger partial charge in [0.25, 0.3) is 5.88 Å². The molecule has 1 aliphatic rings. The first-order chi connectivity index (χ1) is 19.6.